The van der Waals surface area contributed by atoms with E-state index in [1.54, 1.807) is 19.1 Å². The molecule has 1 N–H and O–H groups in total. The first kappa shape index (κ1) is 20.2. The number of anilines is 1. The van der Waals surface area contributed by atoms with E-state index in [4.69, 9.17) is 32.7 Å². The minimum atomic E-state index is -0.640. The van der Waals surface area contributed by atoms with Crippen LogP contribution in [0.5, 0.6) is 0 Å². The van der Waals surface area contributed by atoms with Gasteiger partial charge in [0.1, 0.15) is 6.61 Å². The second-order valence-corrected chi connectivity index (χ2v) is 5.54. The third-order valence-corrected chi connectivity index (χ3v) is 3.53. The topological polar surface area (TPSA) is 84.9 Å². The SMILES string of the molecule is CCOCC(=O)OCC(=O)N(C)CC(=O)Nc1ccc(Cl)c(Cl)c1. The van der Waals surface area contributed by atoms with Crippen molar-refractivity contribution in [1.82, 2.24) is 4.90 Å². The smallest absolute Gasteiger partial charge is 0.332 e. The highest BCUT2D eigenvalue weighted by Gasteiger charge is 2.15. The van der Waals surface area contributed by atoms with Gasteiger partial charge < -0.3 is 19.7 Å². The predicted molar refractivity (Wildman–Crippen MR) is 90.2 cm³/mol. The number of carbonyl (C=O) groups is 3. The summed E-state index contributed by atoms with van der Waals surface area (Å²) in [5.41, 5.74) is 0.457. The van der Waals surface area contributed by atoms with Crippen molar-refractivity contribution in [2.24, 2.45) is 0 Å². The van der Waals surface area contributed by atoms with E-state index in [0.717, 1.165) is 4.90 Å². The number of ether oxygens (including phenoxy) is 2. The lowest BCUT2D eigenvalue weighted by Gasteiger charge is -2.17. The van der Waals surface area contributed by atoms with Gasteiger partial charge in [-0.2, -0.15) is 0 Å². The maximum Gasteiger partial charge on any atom is 0.332 e. The zero-order valence-corrected chi connectivity index (χ0v) is 14.8. The summed E-state index contributed by atoms with van der Waals surface area (Å²) in [5, 5.41) is 3.26. The van der Waals surface area contributed by atoms with Crippen molar-refractivity contribution >= 4 is 46.7 Å². The van der Waals surface area contributed by atoms with Gasteiger partial charge in [-0.3, -0.25) is 9.59 Å². The van der Waals surface area contributed by atoms with E-state index >= 15 is 0 Å². The normalized spacial score (nSPS) is 10.2. The third kappa shape index (κ3) is 7.16. The Morgan fingerprint density at radius 1 is 1.17 bits per heavy atom. The van der Waals surface area contributed by atoms with Gasteiger partial charge in [0.2, 0.25) is 5.91 Å². The van der Waals surface area contributed by atoms with Crippen LogP contribution in [0.1, 0.15) is 6.92 Å². The van der Waals surface area contributed by atoms with Gasteiger partial charge in [0.05, 0.1) is 16.6 Å². The molecular formula is C15H18Cl2N2O5. The standard InChI is InChI=1S/C15H18Cl2N2O5/c1-3-23-9-15(22)24-8-14(21)19(2)7-13(20)18-10-4-5-11(16)12(17)6-10/h4-6H,3,7-9H2,1-2H3,(H,18,20). The van der Waals surface area contributed by atoms with Crippen LogP contribution >= 0.6 is 23.2 Å². The molecule has 0 unspecified atom stereocenters. The molecule has 0 heterocycles. The van der Waals surface area contributed by atoms with Crippen molar-refractivity contribution in [1.29, 1.82) is 0 Å². The molecule has 7 nitrogen and oxygen atoms in total. The molecule has 0 aromatic heterocycles. The second kappa shape index (κ2) is 10.1. The van der Waals surface area contributed by atoms with E-state index in [1.807, 2.05) is 0 Å². The van der Waals surface area contributed by atoms with Gasteiger partial charge in [-0.15, -0.1) is 0 Å². The lowest BCUT2D eigenvalue weighted by atomic mass is 10.3. The highest BCUT2D eigenvalue weighted by atomic mass is 35.5. The molecule has 0 aliphatic carbocycles. The van der Waals surface area contributed by atoms with Gasteiger partial charge in [-0.1, -0.05) is 23.2 Å². The summed E-state index contributed by atoms with van der Waals surface area (Å²) < 4.78 is 9.59. The molecule has 9 heteroatoms. The molecule has 1 aromatic carbocycles. The first-order chi connectivity index (χ1) is 11.3. The lowest BCUT2D eigenvalue weighted by molar-refractivity contribution is -0.155. The minimum Gasteiger partial charge on any atom is -0.454 e. The number of nitrogens with one attached hydrogen (secondary N) is 1. The number of benzene rings is 1. The largest absolute Gasteiger partial charge is 0.454 e. The maximum atomic E-state index is 11.9. The van der Waals surface area contributed by atoms with Crippen LogP contribution in [0.3, 0.4) is 0 Å². The number of likely N-dealkylation sites (N-methyl/N-ethyl adjacent to an activating group) is 1. The van der Waals surface area contributed by atoms with Gasteiger partial charge in [0.15, 0.2) is 6.61 Å². The van der Waals surface area contributed by atoms with E-state index in [9.17, 15) is 14.4 Å². The van der Waals surface area contributed by atoms with Crippen LogP contribution in [-0.2, 0) is 23.9 Å². The number of hydrogen-bond donors (Lipinski definition) is 1. The Labute approximate surface area is 149 Å². The molecule has 1 aromatic rings. The summed E-state index contributed by atoms with van der Waals surface area (Å²) >= 11 is 11.6. The minimum absolute atomic E-state index is 0.206. The van der Waals surface area contributed by atoms with E-state index in [1.165, 1.54) is 13.1 Å². The van der Waals surface area contributed by atoms with Gasteiger partial charge in [0, 0.05) is 19.3 Å². The molecule has 0 saturated heterocycles. The van der Waals surface area contributed by atoms with E-state index in [2.05, 4.69) is 5.32 Å². The zero-order valence-electron chi connectivity index (χ0n) is 13.3. The number of nitrogens with zero attached hydrogens (tertiary/aromatic N) is 1. The maximum absolute atomic E-state index is 11.9. The molecule has 0 aliphatic heterocycles. The Morgan fingerprint density at radius 2 is 1.88 bits per heavy atom. The number of rotatable bonds is 8. The van der Waals surface area contributed by atoms with E-state index < -0.39 is 24.4 Å². The third-order valence-electron chi connectivity index (χ3n) is 2.79. The quantitative estimate of drug-likeness (QED) is 0.701. The van der Waals surface area contributed by atoms with Crippen LogP contribution in [0.15, 0.2) is 18.2 Å². The van der Waals surface area contributed by atoms with Crippen molar-refractivity contribution in [2.75, 3.05) is 38.7 Å². The monoisotopic (exact) mass is 376 g/mol. The zero-order chi connectivity index (χ0) is 18.1. The highest BCUT2D eigenvalue weighted by Crippen LogP contribution is 2.24. The van der Waals surface area contributed by atoms with Crippen LogP contribution in [0.2, 0.25) is 10.0 Å². The Bertz CT molecular complexity index is 610. The number of hydrogen-bond acceptors (Lipinski definition) is 5. The Balaban J connectivity index is 2.41. The number of esters is 1. The number of amides is 2. The van der Waals surface area contributed by atoms with E-state index in [-0.39, 0.29) is 13.2 Å². The van der Waals surface area contributed by atoms with Crippen molar-refractivity contribution in [2.45, 2.75) is 6.92 Å². The number of halogens is 2. The summed E-state index contributed by atoms with van der Waals surface area (Å²) in [4.78, 5) is 36.1. The molecule has 0 radical (unpaired) electrons. The Kier molecular flexibility index (Phi) is 8.53. The molecule has 0 spiro atoms. The highest BCUT2D eigenvalue weighted by molar-refractivity contribution is 6.42. The van der Waals surface area contributed by atoms with Crippen LogP contribution in [-0.4, -0.2) is 56.1 Å². The molecule has 132 valence electrons. The predicted octanol–water partition coefficient (Wildman–Crippen LogP) is 1.97. The van der Waals surface area contributed by atoms with Crippen molar-refractivity contribution in [3.05, 3.63) is 28.2 Å². The number of carbonyl (C=O) groups excluding carboxylic acids is 3. The molecule has 0 aliphatic rings. The fourth-order valence-corrected chi connectivity index (χ4v) is 1.86. The molecule has 0 saturated carbocycles. The fraction of sp³-hybridized carbons (Fsp3) is 0.400. The summed E-state index contributed by atoms with van der Waals surface area (Å²) in [6.07, 6.45) is 0. The average Bonchev–Trinajstić information content (AvgIpc) is 2.53. The summed E-state index contributed by atoms with van der Waals surface area (Å²) in [5.74, 6) is -1.58. The molecule has 1 rings (SSSR count). The van der Waals surface area contributed by atoms with Gasteiger partial charge in [0.25, 0.3) is 5.91 Å². The van der Waals surface area contributed by atoms with Crippen LogP contribution in [0.4, 0.5) is 5.69 Å². The lowest BCUT2D eigenvalue weighted by Crippen LogP contribution is -2.37. The van der Waals surface area contributed by atoms with Crippen molar-refractivity contribution in [3.63, 3.8) is 0 Å². The Morgan fingerprint density at radius 3 is 2.50 bits per heavy atom. The molecule has 2 amide bonds. The van der Waals surface area contributed by atoms with Gasteiger partial charge in [-0.05, 0) is 25.1 Å². The first-order valence-corrected chi connectivity index (χ1v) is 7.81. The average molecular weight is 377 g/mol. The fourth-order valence-electron chi connectivity index (χ4n) is 1.56. The summed E-state index contributed by atoms with van der Waals surface area (Å²) in [7, 11) is 1.42. The second-order valence-electron chi connectivity index (χ2n) is 4.72. The molecule has 0 bridgehead atoms. The van der Waals surface area contributed by atoms with Crippen LogP contribution < -0.4 is 5.32 Å². The molecule has 0 atom stereocenters. The molecule has 24 heavy (non-hydrogen) atoms. The van der Waals surface area contributed by atoms with Crippen LogP contribution in [0.25, 0.3) is 0 Å². The van der Waals surface area contributed by atoms with Gasteiger partial charge >= 0.3 is 5.97 Å². The van der Waals surface area contributed by atoms with Crippen LogP contribution in [0, 0.1) is 0 Å². The molecular weight excluding hydrogens is 359 g/mol. The Hall–Kier alpha value is -1.83. The summed E-state index contributed by atoms with van der Waals surface area (Å²) in [6, 6.07) is 4.63. The van der Waals surface area contributed by atoms with Crippen molar-refractivity contribution in [3.8, 4) is 0 Å². The summed E-state index contributed by atoms with van der Waals surface area (Å²) in [6.45, 7) is 1.23. The van der Waals surface area contributed by atoms with Crippen molar-refractivity contribution < 1.29 is 23.9 Å². The first-order valence-electron chi connectivity index (χ1n) is 7.05. The van der Waals surface area contributed by atoms with Gasteiger partial charge in [-0.25, -0.2) is 4.79 Å². The molecule has 0 fully saturated rings. The van der Waals surface area contributed by atoms with E-state index in [0.29, 0.717) is 22.3 Å².